The molecule has 0 fully saturated rings. The van der Waals surface area contributed by atoms with E-state index in [0.717, 1.165) is 0 Å². The van der Waals surface area contributed by atoms with Gasteiger partial charge in [0.25, 0.3) is 0 Å². The molecule has 5 unspecified atom stereocenters. The minimum absolute atomic E-state index is 0.00616. The average Bonchev–Trinajstić information content (AvgIpc) is 2.80. The summed E-state index contributed by atoms with van der Waals surface area (Å²) >= 11 is 4.06. The third kappa shape index (κ3) is 9.83. The van der Waals surface area contributed by atoms with Crippen LogP contribution in [0.25, 0.3) is 0 Å². The second-order valence-electron chi connectivity index (χ2n) is 8.16. The summed E-state index contributed by atoms with van der Waals surface area (Å²) in [5.41, 5.74) is 11.2. The summed E-state index contributed by atoms with van der Waals surface area (Å²) in [4.78, 5) is 60.8. The van der Waals surface area contributed by atoms with Gasteiger partial charge in [0.15, 0.2) is 0 Å². The number of hydrogen-bond donors (Lipinski definition) is 8. The Hall–Kier alpha value is -3.32. The number of phenols is 1. The van der Waals surface area contributed by atoms with E-state index in [2.05, 4.69) is 28.6 Å². The van der Waals surface area contributed by atoms with Gasteiger partial charge in [-0.25, -0.2) is 4.79 Å². The van der Waals surface area contributed by atoms with Gasteiger partial charge in [-0.2, -0.15) is 12.6 Å². The van der Waals surface area contributed by atoms with Crippen LogP contribution in [0, 0.1) is 5.92 Å². The van der Waals surface area contributed by atoms with E-state index in [1.807, 2.05) is 0 Å². The quantitative estimate of drug-likeness (QED) is 0.139. The number of amides is 4. The number of carbonyl (C=O) groups excluding carboxylic acids is 4. The van der Waals surface area contributed by atoms with Crippen LogP contribution >= 0.6 is 12.6 Å². The molecule has 0 saturated heterocycles. The number of carboxylic acids is 1. The van der Waals surface area contributed by atoms with Gasteiger partial charge in [-0.1, -0.05) is 32.4 Å². The molecule has 9 N–H and O–H groups in total. The minimum atomic E-state index is -1.27. The Bertz CT molecular complexity index is 912. The lowest BCUT2D eigenvalue weighted by Gasteiger charge is -2.26. The Morgan fingerprint density at radius 2 is 1.51 bits per heavy atom. The standard InChI is InChI=1S/C22H33N5O7S/c1-3-11(2)18(22(33)34)27-20(31)15(8-12-4-6-13(28)7-5-12)25-21(32)16(10-35)26-19(30)14(23)9-17(24)29/h4-7,11,14-16,18,28,35H,3,8-10,23H2,1-2H3,(H2,24,29)(H,25,32)(H,26,30)(H,27,31)(H,33,34). The van der Waals surface area contributed by atoms with Crippen LogP contribution in [0.2, 0.25) is 0 Å². The lowest BCUT2D eigenvalue weighted by atomic mass is 9.98. The first-order chi connectivity index (χ1) is 16.4. The number of aromatic hydroxyl groups is 1. The number of rotatable bonds is 14. The molecular weight excluding hydrogens is 478 g/mol. The number of benzene rings is 1. The first-order valence-electron chi connectivity index (χ1n) is 11.0. The van der Waals surface area contributed by atoms with Crippen LogP contribution in [0.1, 0.15) is 32.3 Å². The monoisotopic (exact) mass is 511 g/mol. The number of phenolic OH excluding ortho intramolecular Hbond substituents is 1. The van der Waals surface area contributed by atoms with Crippen molar-refractivity contribution in [2.75, 3.05) is 5.75 Å². The molecule has 0 aliphatic heterocycles. The van der Waals surface area contributed by atoms with E-state index in [1.165, 1.54) is 12.1 Å². The average molecular weight is 512 g/mol. The van der Waals surface area contributed by atoms with Crippen LogP contribution in [0.15, 0.2) is 24.3 Å². The Labute approximate surface area is 208 Å². The van der Waals surface area contributed by atoms with Crippen molar-refractivity contribution in [3.8, 4) is 5.75 Å². The summed E-state index contributed by atoms with van der Waals surface area (Å²) in [6.07, 6.45) is 0.0372. The highest BCUT2D eigenvalue weighted by atomic mass is 32.1. The van der Waals surface area contributed by atoms with Gasteiger partial charge in [0.05, 0.1) is 12.5 Å². The van der Waals surface area contributed by atoms with Crippen molar-refractivity contribution in [3.63, 3.8) is 0 Å². The molecule has 0 heterocycles. The number of hydrogen-bond acceptors (Lipinski definition) is 8. The first kappa shape index (κ1) is 29.7. The van der Waals surface area contributed by atoms with Crippen LogP contribution in [0.3, 0.4) is 0 Å². The van der Waals surface area contributed by atoms with Crippen molar-refractivity contribution in [1.29, 1.82) is 0 Å². The number of nitrogens with two attached hydrogens (primary N) is 2. The molecule has 1 aromatic carbocycles. The zero-order valence-electron chi connectivity index (χ0n) is 19.6. The zero-order valence-corrected chi connectivity index (χ0v) is 20.5. The molecule has 0 aliphatic rings. The minimum Gasteiger partial charge on any atom is -0.508 e. The van der Waals surface area contributed by atoms with Gasteiger partial charge in [0, 0.05) is 12.2 Å². The largest absolute Gasteiger partial charge is 0.508 e. The Kier molecular flexibility index (Phi) is 12.0. The maximum Gasteiger partial charge on any atom is 0.326 e. The first-order valence-corrected chi connectivity index (χ1v) is 11.6. The predicted octanol–water partition coefficient (Wildman–Crippen LogP) is -1.35. The number of thiol groups is 1. The van der Waals surface area contributed by atoms with E-state index in [0.29, 0.717) is 12.0 Å². The zero-order chi connectivity index (χ0) is 26.7. The second kappa shape index (κ2) is 14.2. The molecule has 0 aliphatic carbocycles. The highest BCUT2D eigenvalue weighted by Crippen LogP contribution is 2.13. The van der Waals surface area contributed by atoms with E-state index < -0.39 is 60.2 Å². The maximum atomic E-state index is 13.0. The molecule has 1 rings (SSSR count). The van der Waals surface area contributed by atoms with Crippen LogP contribution in [-0.4, -0.2) is 69.7 Å². The number of nitrogens with one attached hydrogen (secondary N) is 3. The molecule has 0 radical (unpaired) electrons. The van der Waals surface area contributed by atoms with Crippen LogP contribution in [0.4, 0.5) is 0 Å². The molecule has 0 bridgehead atoms. The van der Waals surface area contributed by atoms with E-state index in [-0.39, 0.29) is 23.8 Å². The molecule has 4 amide bonds. The molecule has 5 atom stereocenters. The lowest BCUT2D eigenvalue weighted by molar-refractivity contribution is -0.143. The van der Waals surface area contributed by atoms with Crippen molar-refractivity contribution in [3.05, 3.63) is 29.8 Å². The van der Waals surface area contributed by atoms with Gasteiger partial charge in [-0.05, 0) is 23.6 Å². The fraction of sp³-hybridized carbons (Fsp3) is 0.500. The normalized spacial score (nSPS) is 15.1. The van der Waals surface area contributed by atoms with Gasteiger partial charge in [0.1, 0.15) is 23.9 Å². The third-order valence-electron chi connectivity index (χ3n) is 5.36. The highest BCUT2D eigenvalue weighted by molar-refractivity contribution is 7.80. The molecule has 0 saturated carbocycles. The predicted molar refractivity (Wildman–Crippen MR) is 130 cm³/mol. The van der Waals surface area contributed by atoms with Gasteiger partial charge in [-0.3, -0.25) is 19.2 Å². The van der Waals surface area contributed by atoms with Crippen LogP contribution in [0.5, 0.6) is 5.75 Å². The fourth-order valence-corrected chi connectivity index (χ4v) is 3.33. The van der Waals surface area contributed by atoms with Gasteiger partial charge < -0.3 is 37.6 Å². The highest BCUT2D eigenvalue weighted by Gasteiger charge is 2.32. The molecule has 12 nitrogen and oxygen atoms in total. The van der Waals surface area contributed by atoms with Crippen molar-refractivity contribution in [2.45, 2.75) is 57.3 Å². The maximum absolute atomic E-state index is 13.0. The molecule has 0 spiro atoms. The molecule has 0 aromatic heterocycles. The number of carbonyl (C=O) groups is 5. The van der Waals surface area contributed by atoms with Crippen molar-refractivity contribution in [1.82, 2.24) is 16.0 Å². The summed E-state index contributed by atoms with van der Waals surface area (Å²) in [6, 6.07) is 1.04. The van der Waals surface area contributed by atoms with Crippen LogP contribution in [-0.2, 0) is 30.4 Å². The topological polar surface area (TPSA) is 214 Å². The second-order valence-corrected chi connectivity index (χ2v) is 8.53. The summed E-state index contributed by atoms with van der Waals surface area (Å²) in [6.45, 7) is 3.46. The molecule has 1 aromatic rings. The van der Waals surface area contributed by atoms with Gasteiger partial charge in [-0.15, -0.1) is 0 Å². The summed E-state index contributed by atoms with van der Waals surface area (Å²) < 4.78 is 0. The lowest BCUT2D eigenvalue weighted by Crippen LogP contribution is -2.58. The van der Waals surface area contributed by atoms with E-state index in [9.17, 15) is 34.2 Å². The molecular formula is C22H33N5O7S. The number of aliphatic carboxylic acids is 1. The Morgan fingerprint density at radius 3 is 2.00 bits per heavy atom. The van der Waals surface area contributed by atoms with E-state index in [1.54, 1.807) is 26.0 Å². The van der Waals surface area contributed by atoms with Crippen LogP contribution < -0.4 is 27.4 Å². The number of primary amides is 1. The third-order valence-corrected chi connectivity index (χ3v) is 5.72. The Balaban J connectivity index is 3.08. The summed E-state index contributed by atoms with van der Waals surface area (Å²) in [7, 11) is 0. The number of carboxylic acid groups (broad SMARTS) is 1. The van der Waals surface area contributed by atoms with E-state index >= 15 is 0 Å². The van der Waals surface area contributed by atoms with E-state index in [4.69, 9.17) is 11.5 Å². The summed E-state index contributed by atoms with van der Waals surface area (Å²) in [5.74, 6) is -4.85. The molecule has 13 heteroatoms. The van der Waals surface area contributed by atoms with Crippen molar-refractivity contribution < 1.29 is 34.2 Å². The van der Waals surface area contributed by atoms with Crippen molar-refractivity contribution in [2.24, 2.45) is 17.4 Å². The molecule has 35 heavy (non-hydrogen) atoms. The summed E-state index contributed by atoms with van der Waals surface area (Å²) in [5, 5.41) is 26.3. The smallest absolute Gasteiger partial charge is 0.326 e. The van der Waals surface area contributed by atoms with Crippen molar-refractivity contribution >= 4 is 42.2 Å². The van der Waals surface area contributed by atoms with Gasteiger partial charge >= 0.3 is 5.97 Å². The Morgan fingerprint density at radius 1 is 0.971 bits per heavy atom. The molecule has 194 valence electrons. The fourth-order valence-electron chi connectivity index (χ4n) is 3.07. The SMILES string of the molecule is CCC(C)C(NC(=O)C(Cc1ccc(O)cc1)NC(=O)C(CS)NC(=O)C(N)CC(N)=O)C(=O)O. The van der Waals surface area contributed by atoms with Gasteiger partial charge in [0.2, 0.25) is 23.6 Å².